The normalized spacial score (nSPS) is 18.4. The van der Waals surface area contributed by atoms with E-state index < -0.39 is 0 Å². The molecule has 0 unspecified atom stereocenters. The van der Waals surface area contributed by atoms with Crippen molar-refractivity contribution in [3.8, 4) is 16.9 Å². The van der Waals surface area contributed by atoms with Gasteiger partial charge in [-0.15, -0.1) is 0 Å². The molecule has 2 heteroatoms. The lowest BCUT2D eigenvalue weighted by Gasteiger charge is -2.23. The van der Waals surface area contributed by atoms with Gasteiger partial charge in [0.1, 0.15) is 5.75 Å². The van der Waals surface area contributed by atoms with Crippen LogP contribution in [0.3, 0.4) is 0 Å². The predicted molar refractivity (Wildman–Crippen MR) is 87.6 cm³/mol. The lowest BCUT2D eigenvalue weighted by atomic mass is 10.0. The largest absolute Gasteiger partial charge is 0.493 e. The maximum absolute atomic E-state index is 6.05. The summed E-state index contributed by atoms with van der Waals surface area (Å²) in [6.45, 7) is 1.94. The van der Waals surface area contributed by atoms with E-state index in [4.69, 9.17) is 4.74 Å². The molecule has 1 atom stereocenters. The monoisotopic (exact) mass is 281 g/mol. The van der Waals surface area contributed by atoms with E-state index >= 15 is 0 Å². The molecule has 0 amide bonds. The van der Waals surface area contributed by atoms with Gasteiger partial charge in [-0.1, -0.05) is 55.0 Å². The molecule has 1 aliphatic heterocycles. The summed E-state index contributed by atoms with van der Waals surface area (Å²) in [5, 5.41) is 3.57. The number of para-hydroxylation sites is 1. The van der Waals surface area contributed by atoms with Gasteiger partial charge < -0.3 is 10.1 Å². The Balaban J connectivity index is 1.63. The minimum Gasteiger partial charge on any atom is -0.493 e. The highest BCUT2D eigenvalue weighted by molar-refractivity contribution is 5.70. The van der Waals surface area contributed by atoms with E-state index in [9.17, 15) is 0 Å². The molecule has 2 aromatic carbocycles. The summed E-state index contributed by atoms with van der Waals surface area (Å²) in [7, 11) is 0. The summed E-state index contributed by atoms with van der Waals surface area (Å²) < 4.78 is 6.05. The van der Waals surface area contributed by atoms with Crippen LogP contribution in [-0.2, 0) is 0 Å². The molecule has 1 aliphatic rings. The van der Waals surface area contributed by atoms with Gasteiger partial charge in [-0.3, -0.25) is 0 Å². The van der Waals surface area contributed by atoms with E-state index in [1.165, 1.54) is 30.4 Å². The van der Waals surface area contributed by atoms with Gasteiger partial charge in [-0.05, 0) is 37.4 Å². The van der Waals surface area contributed by atoms with Crippen LogP contribution in [0, 0.1) is 0 Å². The van der Waals surface area contributed by atoms with Crippen molar-refractivity contribution in [2.75, 3.05) is 13.2 Å². The van der Waals surface area contributed by atoms with Gasteiger partial charge in [0.25, 0.3) is 0 Å². The third-order valence-corrected chi connectivity index (χ3v) is 4.11. The van der Waals surface area contributed by atoms with E-state index in [0.717, 1.165) is 25.3 Å². The molecule has 1 fully saturated rings. The average Bonchev–Trinajstić information content (AvgIpc) is 2.57. The first kappa shape index (κ1) is 14.2. The van der Waals surface area contributed by atoms with E-state index in [1.54, 1.807) is 0 Å². The van der Waals surface area contributed by atoms with Gasteiger partial charge >= 0.3 is 0 Å². The van der Waals surface area contributed by atoms with Crippen LogP contribution in [0.5, 0.6) is 5.75 Å². The second-order valence-corrected chi connectivity index (χ2v) is 5.65. The number of nitrogens with one attached hydrogen (secondary N) is 1. The number of hydrogen-bond acceptors (Lipinski definition) is 2. The smallest absolute Gasteiger partial charge is 0.127 e. The van der Waals surface area contributed by atoms with Crippen molar-refractivity contribution in [3.05, 3.63) is 54.6 Å². The maximum atomic E-state index is 6.05. The Kier molecular flexibility index (Phi) is 4.90. The van der Waals surface area contributed by atoms with Gasteiger partial charge in [-0.2, -0.15) is 0 Å². The van der Waals surface area contributed by atoms with Crippen LogP contribution in [0.2, 0.25) is 0 Å². The molecule has 0 spiro atoms. The average molecular weight is 281 g/mol. The molecular weight excluding hydrogens is 258 g/mol. The van der Waals surface area contributed by atoms with Gasteiger partial charge in [0.15, 0.2) is 0 Å². The van der Waals surface area contributed by atoms with Crippen molar-refractivity contribution in [2.24, 2.45) is 0 Å². The second-order valence-electron chi connectivity index (χ2n) is 5.65. The minimum absolute atomic E-state index is 0.627. The number of benzene rings is 2. The Morgan fingerprint density at radius 2 is 1.76 bits per heavy atom. The molecule has 3 rings (SSSR count). The van der Waals surface area contributed by atoms with Gasteiger partial charge in [0.05, 0.1) is 6.61 Å². The molecule has 1 heterocycles. The Hall–Kier alpha value is -1.80. The van der Waals surface area contributed by atoms with E-state index in [1.807, 2.05) is 12.1 Å². The van der Waals surface area contributed by atoms with Crippen LogP contribution >= 0.6 is 0 Å². The highest BCUT2D eigenvalue weighted by Crippen LogP contribution is 2.29. The van der Waals surface area contributed by atoms with E-state index in [0.29, 0.717) is 6.04 Å². The zero-order valence-corrected chi connectivity index (χ0v) is 12.4. The highest BCUT2D eigenvalue weighted by Gasteiger charge is 2.12. The van der Waals surface area contributed by atoms with Crippen LogP contribution in [0.4, 0.5) is 0 Å². The first-order chi connectivity index (χ1) is 10.4. The van der Waals surface area contributed by atoms with Crippen molar-refractivity contribution in [1.29, 1.82) is 0 Å². The number of hydrogen-bond donors (Lipinski definition) is 1. The topological polar surface area (TPSA) is 21.3 Å². The van der Waals surface area contributed by atoms with Gasteiger partial charge in [0.2, 0.25) is 0 Å². The third kappa shape index (κ3) is 3.85. The lowest BCUT2D eigenvalue weighted by molar-refractivity contribution is 0.269. The van der Waals surface area contributed by atoms with Crippen molar-refractivity contribution in [3.63, 3.8) is 0 Å². The highest BCUT2D eigenvalue weighted by atomic mass is 16.5. The molecular formula is C19H23NO. The Labute approximate surface area is 127 Å². The molecule has 0 aromatic heterocycles. The van der Waals surface area contributed by atoms with Gasteiger partial charge in [-0.25, -0.2) is 0 Å². The summed E-state index contributed by atoms with van der Waals surface area (Å²) >= 11 is 0. The lowest BCUT2D eigenvalue weighted by Crippen LogP contribution is -2.35. The van der Waals surface area contributed by atoms with Crippen LogP contribution in [0.15, 0.2) is 54.6 Å². The maximum Gasteiger partial charge on any atom is 0.127 e. The molecule has 0 bridgehead atoms. The fourth-order valence-corrected chi connectivity index (χ4v) is 2.93. The number of piperidine rings is 1. The predicted octanol–water partition coefficient (Wildman–Crippen LogP) is 4.26. The Bertz CT molecular complexity index is 547. The Morgan fingerprint density at radius 1 is 0.952 bits per heavy atom. The molecule has 2 aromatic rings. The molecule has 110 valence electrons. The summed E-state index contributed by atoms with van der Waals surface area (Å²) in [6, 6.07) is 19.4. The van der Waals surface area contributed by atoms with Crippen LogP contribution < -0.4 is 10.1 Å². The zero-order valence-electron chi connectivity index (χ0n) is 12.4. The second kappa shape index (κ2) is 7.28. The molecule has 0 aliphatic carbocycles. The molecule has 21 heavy (non-hydrogen) atoms. The minimum atomic E-state index is 0.627. The summed E-state index contributed by atoms with van der Waals surface area (Å²) in [6.07, 6.45) is 5.03. The van der Waals surface area contributed by atoms with Crippen molar-refractivity contribution in [1.82, 2.24) is 5.32 Å². The van der Waals surface area contributed by atoms with Crippen molar-refractivity contribution >= 4 is 0 Å². The molecule has 1 saturated heterocycles. The molecule has 2 nitrogen and oxygen atoms in total. The molecule has 0 saturated carbocycles. The number of rotatable bonds is 5. The van der Waals surface area contributed by atoms with Crippen LogP contribution in [0.1, 0.15) is 25.7 Å². The fourth-order valence-electron chi connectivity index (χ4n) is 2.93. The van der Waals surface area contributed by atoms with Crippen LogP contribution in [-0.4, -0.2) is 19.2 Å². The zero-order chi connectivity index (χ0) is 14.3. The standard InChI is InChI=1S/C19H23NO/c1-2-8-16(9-3-1)18-11-4-5-12-19(18)21-15-13-17-10-6-7-14-20-17/h1-5,8-9,11-12,17,20H,6-7,10,13-15H2/t17-/m0/s1. The fraction of sp³-hybridized carbons (Fsp3) is 0.368. The Morgan fingerprint density at radius 3 is 2.57 bits per heavy atom. The summed E-state index contributed by atoms with van der Waals surface area (Å²) in [5.41, 5.74) is 2.39. The molecule has 1 N–H and O–H groups in total. The van der Waals surface area contributed by atoms with Crippen molar-refractivity contribution in [2.45, 2.75) is 31.7 Å². The summed E-state index contributed by atoms with van der Waals surface area (Å²) in [5.74, 6) is 0.986. The van der Waals surface area contributed by atoms with E-state index in [-0.39, 0.29) is 0 Å². The number of ether oxygens (including phenoxy) is 1. The molecule has 0 radical (unpaired) electrons. The van der Waals surface area contributed by atoms with Gasteiger partial charge in [0, 0.05) is 11.6 Å². The van der Waals surface area contributed by atoms with Crippen LogP contribution in [0.25, 0.3) is 11.1 Å². The third-order valence-electron chi connectivity index (χ3n) is 4.11. The van der Waals surface area contributed by atoms with E-state index in [2.05, 4.69) is 47.8 Å². The summed E-state index contributed by atoms with van der Waals surface area (Å²) in [4.78, 5) is 0. The quantitative estimate of drug-likeness (QED) is 0.884. The van der Waals surface area contributed by atoms with Crippen molar-refractivity contribution < 1.29 is 4.74 Å². The first-order valence-electron chi connectivity index (χ1n) is 7.94. The first-order valence-corrected chi connectivity index (χ1v) is 7.94. The SMILES string of the molecule is c1ccc(-c2ccccc2OCC[C@@H]2CCCCN2)cc1.